The maximum Gasteiger partial charge on any atom is 0.253 e. The number of anilines is 2. The number of benzene rings is 3. The summed E-state index contributed by atoms with van der Waals surface area (Å²) < 4.78 is 17.2. The zero-order valence-corrected chi connectivity index (χ0v) is 23.4. The van der Waals surface area contributed by atoms with Crippen LogP contribution in [0.4, 0.5) is 11.8 Å². The first kappa shape index (κ1) is 27.1. The zero-order chi connectivity index (χ0) is 28.3. The van der Waals surface area contributed by atoms with Gasteiger partial charge >= 0.3 is 0 Å². The van der Waals surface area contributed by atoms with E-state index in [0.717, 1.165) is 17.7 Å². The molecule has 1 amide bonds. The monoisotopic (exact) mass is 541 g/mol. The minimum absolute atomic E-state index is 0.0108. The predicted octanol–water partition coefficient (Wildman–Crippen LogP) is 4.90. The van der Waals surface area contributed by atoms with Crippen molar-refractivity contribution in [1.29, 1.82) is 0 Å². The number of nitrogens with zero attached hydrogens (tertiary/aromatic N) is 4. The SMILES string of the molecule is CCC(C)(Oc1ccc(C(=O)N2CCN(c3nc(N)c4cc(OC)c(OC)cc4n3)CC2)cc1)c1ccccc1. The Labute approximate surface area is 234 Å². The topological polar surface area (TPSA) is 103 Å². The van der Waals surface area contributed by atoms with E-state index >= 15 is 0 Å². The van der Waals surface area contributed by atoms with Crippen LogP contribution in [0.3, 0.4) is 0 Å². The molecular formula is C31H35N5O4. The Morgan fingerprint density at radius 1 is 0.925 bits per heavy atom. The van der Waals surface area contributed by atoms with Crippen molar-refractivity contribution in [2.24, 2.45) is 0 Å². The molecule has 9 nitrogen and oxygen atoms in total. The summed E-state index contributed by atoms with van der Waals surface area (Å²) in [4.78, 5) is 26.4. The van der Waals surface area contributed by atoms with Crippen molar-refractivity contribution < 1.29 is 19.0 Å². The third-order valence-electron chi connectivity index (χ3n) is 7.57. The quantitative estimate of drug-likeness (QED) is 0.336. The largest absolute Gasteiger partial charge is 0.493 e. The van der Waals surface area contributed by atoms with Gasteiger partial charge < -0.3 is 29.7 Å². The molecule has 2 N–H and O–H groups in total. The number of hydrogen-bond donors (Lipinski definition) is 1. The van der Waals surface area contributed by atoms with Gasteiger partial charge in [0, 0.05) is 43.2 Å². The second kappa shape index (κ2) is 11.3. The summed E-state index contributed by atoms with van der Waals surface area (Å²) in [6, 6.07) is 21.2. The van der Waals surface area contributed by atoms with Crippen molar-refractivity contribution in [2.75, 3.05) is 51.0 Å². The number of ether oxygens (including phenoxy) is 3. The van der Waals surface area contributed by atoms with E-state index in [1.54, 1.807) is 26.4 Å². The third kappa shape index (κ3) is 5.32. The molecule has 0 saturated carbocycles. The minimum Gasteiger partial charge on any atom is -0.493 e. The average Bonchev–Trinajstić information content (AvgIpc) is 3.00. The lowest BCUT2D eigenvalue weighted by Crippen LogP contribution is -2.49. The summed E-state index contributed by atoms with van der Waals surface area (Å²) in [5.41, 5.74) is 8.25. The summed E-state index contributed by atoms with van der Waals surface area (Å²) in [5, 5.41) is 0.700. The first-order valence-corrected chi connectivity index (χ1v) is 13.4. The molecular weight excluding hydrogens is 506 g/mol. The Balaban J connectivity index is 1.24. The van der Waals surface area contributed by atoms with Crippen molar-refractivity contribution in [1.82, 2.24) is 14.9 Å². The van der Waals surface area contributed by atoms with Crippen molar-refractivity contribution in [3.05, 3.63) is 77.9 Å². The molecule has 3 aromatic carbocycles. The van der Waals surface area contributed by atoms with Crippen molar-refractivity contribution in [2.45, 2.75) is 25.9 Å². The molecule has 1 unspecified atom stereocenters. The Bertz CT molecular complexity index is 1490. The molecule has 1 aliphatic heterocycles. The fourth-order valence-corrected chi connectivity index (χ4v) is 4.95. The molecule has 0 spiro atoms. The summed E-state index contributed by atoms with van der Waals surface area (Å²) in [6.45, 7) is 6.48. The lowest BCUT2D eigenvalue weighted by Gasteiger charge is -2.35. The Kier molecular flexibility index (Phi) is 7.64. The van der Waals surface area contributed by atoms with Crippen LogP contribution in [0.5, 0.6) is 17.2 Å². The van der Waals surface area contributed by atoms with Crippen LogP contribution in [-0.4, -0.2) is 61.2 Å². The van der Waals surface area contributed by atoms with Crippen LogP contribution in [0.25, 0.3) is 10.9 Å². The van der Waals surface area contributed by atoms with Crippen LogP contribution in [0.15, 0.2) is 66.7 Å². The van der Waals surface area contributed by atoms with Gasteiger partial charge in [0.05, 0.1) is 19.7 Å². The molecule has 4 aromatic rings. The second-order valence-corrected chi connectivity index (χ2v) is 9.99. The third-order valence-corrected chi connectivity index (χ3v) is 7.57. The lowest BCUT2D eigenvalue weighted by molar-refractivity contribution is 0.0745. The van der Waals surface area contributed by atoms with E-state index in [-0.39, 0.29) is 5.91 Å². The van der Waals surface area contributed by atoms with Gasteiger partial charge in [0.15, 0.2) is 11.5 Å². The maximum absolute atomic E-state index is 13.3. The van der Waals surface area contributed by atoms with Gasteiger partial charge in [-0.2, -0.15) is 4.98 Å². The molecule has 1 aliphatic rings. The zero-order valence-electron chi connectivity index (χ0n) is 23.4. The van der Waals surface area contributed by atoms with Crippen LogP contribution < -0.4 is 24.8 Å². The number of nitrogens with two attached hydrogens (primary N) is 1. The first-order chi connectivity index (χ1) is 19.3. The number of methoxy groups -OCH3 is 2. The number of fused-ring (bicyclic) bond motifs is 1. The second-order valence-electron chi connectivity index (χ2n) is 9.99. The van der Waals surface area contributed by atoms with Gasteiger partial charge in [0.25, 0.3) is 5.91 Å². The van der Waals surface area contributed by atoms with Crippen LogP contribution in [0, 0.1) is 0 Å². The molecule has 0 aliphatic carbocycles. The standard InChI is InChI=1S/C31H35N5O4/c1-5-31(2,22-9-7-6-8-10-22)40-23-13-11-21(12-14-23)29(37)35-15-17-36(18-16-35)30-33-25-20-27(39-4)26(38-3)19-24(25)28(32)34-30/h6-14,19-20H,5,15-18H2,1-4H3,(H2,32,33,34). The van der Waals surface area contributed by atoms with E-state index in [4.69, 9.17) is 24.9 Å². The van der Waals surface area contributed by atoms with E-state index in [2.05, 4.69) is 31.0 Å². The molecule has 0 radical (unpaired) electrons. The van der Waals surface area contributed by atoms with Crippen LogP contribution in [0.1, 0.15) is 36.2 Å². The molecule has 1 fully saturated rings. The van der Waals surface area contributed by atoms with E-state index in [0.29, 0.717) is 65.9 Å². The highest BCUT2D eigenvalue weighted by Gasteiger charge is 2.28. The van der Waals surface area contributed by atoms with Crippen molar-refractivity contribution >= 4 is 28.6 Å². The highest BCUT2D eigenvalue weighted by molar-refractivity contribution is 5.94. The minimum atomic E-state index is -0.450. The fraction of sp³-hybridized carbons (Fsp3) is 0.323. The van der Waals surface area contributed by atoms with Gasteiger partial charge in [0.2, 0.25) is 5.95 Å². The highest BCUT2D eigenvalue weighted by Crippen LogP contribution is 2.34. The van der Waals surface area contributed by atoms with Gasteiger partial charge in [-0.15, -0.1) is 0 Å². The van der Waals surface area contributed by atoms with Gasteiger partial charge in [-0.25, -0.2) is 4.98 Å². The maximum atomic E-state index is 13.3. The highest BCUT2D eigenvalue weighted by atomic mass is 16.5. The number of piperazine rings is 1. The molecule has 1 aromatic heterocycles. The number of aromatic nitrogens is 2. The lowest BCUT2D eigenvalue weighted by atomic mass is 9.93. The van der Waals surface area contributed by atoms with E-state index in [9.17, 15) is 4.79 Å². The van der Waals surface area contributed by atoms with E-state index < -0.39 is 5.60 Å². The summed E-state index contributed by atoms with van der Waals surface area (Å²) in [6.07, 6.45) is 0.816. The molecule has 1 atom stereocenters. The summed E-state index contributed by atoms with van der Waals surface area (Å²) in [5.74, 6) is 2.76. The molecule has 2 heterocycles. The summed E-state index contributed by atoms with van der Waals surface area (Å²) >= 11 is 0. The first-order valence-electron chi connectivity index (χ1n) is 13.4. The molecule has 208 valence electrons. The number of carbonyl (C=O) groups is 1. The fourth-order valence-electron chi connectivity index (χ4n) is 4.95. The molecule has 0 bridgehead atoms. The molecule has 1 saturated heterocycles. The van der Waals surface area contributed by atoms with Gasteiger partial charge in [-0.3, -0.25) is 4.79 Å². The van der Waals surface area contributed by atoms with E-state index in [1.807, 2.05) is 52.3 Å². The Morgan fingerprint density at radius 2 is 1.57 bits per heavy atom. The predicted molar refractivity (Wildman–Crippen MR) is 156 cm³/mol. The number of rotatable bonds is 8. The number of carbonyl (C=O) groups excluding carboxylic acids is 1. The van der Waals surface area contributed by atoms with Gasteiger partial charge in [-0.1, -0.05) is 37.3 Å². The van der Waals surface area contributed by atoms with Crippen LogP contribution in [0.2, 0.25) is 0 Å². The molecule has 9 heteroatoms. The number of nitrogen functional groups attached to an aromatic ring is 1. The normalized spacial score (nSPS) is 15.0. The Hall–Kier alpha value is -4.53. The van der Waals surface area contributed by atoms with E-state index in [1.165, 1.54) is 0 Å². The number of hydrogen-bond acceptors (Lipinski definition) is 8. The van der Waals surface area contributed by atoms with Crippen molar-refractivity contribution in [3.8, 4) is 17.2 Å². The van der Waals surface area contributed by atoms with Crippen LogP contribution in [-0.2, 0) is 5.60 Å². The van der Waals surface area contributed by atoms with Crippen molar-refractivity contribution in [3.63, 3.8) is 0 Å². The van der Waals surface area contributed by atoms with Crippen LogP contribution >= 0.6 is 0 Å². The molecule has 40 heavy (non-hydrogen) atoms. The van der Waals surface area contributed by atoms with Gasteiger partial charge in [-0.05, 0) is 49.2 Å². The molecule has 5 rings (SSSR count). The smallest absolute Gasteiger partial charge is 0.253 e. The average molecular weight is 542 g/mol. The summed E-state index contributed by atoms with van der Waals surface area (Å²) in [7, 11) is 3.16. The Morgan fingerprint density at radius 3 is 2.20 bits per heavy atom. The van der Waals surface area contributed by atoms with Gasteiger partial charge in [0.1, 0.15) is 17.2 Å². The number of amides is 1.